The molecule has 0 unspecified atom stereocenters. The van der Waals surface area contributed by atoms with Crippen molar-refractivity contribution >= 4 is 5.82 Å². The van der Waals surface area contributed by atoms with Crippen LogP contribution in [-0.4, -0.2) is 4.98 Å². The van der Waals surface area contributed by atoms with E-state index in [0.29, 0.717) is 12.4 Å². The van der Waals surface area contributed by atoms with Crippen molar-refractivity contribution in [1.29, 1.82) is 0 Å². The van der Waals surface area contributed by atoms with Crippen LogP contribution in [0, 0.1) is 0 Å². The van der Waals surface area contributed by atoms with E-state index >= 15 is 0 Å². The Morgan fingerprint density at radius 1 is 1.06 bits per heavy atom. The lowest BCUT2D eigenvalue weighted by Gasteiger charge is -2.07. The SMILES string of the molecule is CCCc1ccc(OCc2ccc(N)nc2)cc1. The van der Waals surface area contributed by atoms with Gasteiger partial charge in [-0.3, -0.25) is 0 Å². The van der Waals surface area contributed by atoms with Gasteiger partial charge in [0, 0.05) is 11.8 Å². The molecule has 0 atom stereocenters. The van der Waals surface area contributed by atoms with Gasteiger partial charge >= 0.3 is 0 Å². The van der Waals surface area contributed by atoms with Crippen LogP contribution in [0.1, 0.15) is 24.5 Å². The summed E-state index contributed by atoms with van der Waals surface area (Å²) in [4.78, 5) is 4.03. The molecule has 0 aliphatic heterocycles. The predicted molar refractivity (Wildman–Crippen MR) is 73.4 cm³/mol. The third-order valence-electron chi connectivity index (χ3n) is 2.72. The van der Waals surface area contributed by atoms with Gasteiger partial charge in [-0.15, -0.1) is 0 Å². The van der Waals surface area contributed by atoms with Crippen LogP contribution in [0.25, 0.3) is 0 Å². The van der Waals surface area contributed by atoms with Gasteiger partial charge < -0.3 is 10.5 Å². The summed E-state index contributed by atoms with van der Waals surface area (Å²) in [5.41, 5.74) is 7.89. The van der Waals surface area contributed by atoms with Gasteiger partial charge in [0.2, 0.25) is 0 Å². The quantitative estimate of drug-likeness (QED) is 0.875. The van der Waals surface area contributed by atoms with E-state index in [1.54, 1.807) is 12.3 Å². The fourth-order valence-corrected chi connectivity index (χ4v) is 1.73. The smallest absolute Gasteiger partial charge is 0.123 e. The molecule has 0 radical (unpaired) electrons. The van der Waals surface area contributed by atoms with Gasteiger partial charge in [0.05, 0.1) is 0 Å². The molecule has 1 aromatic carbocycles. The summed E-state index contributed by atoms with van der Waals surface area (Å²) in [7, 11) is 0. The second kappa shape index (κ2) is 6.05. The molecule has 0 bridgehead atoms. The Morgan fingerprint density at radius 3 is 2.39 bits per heavy atom. The van der Waals surface area contributed by atoms with Crippen molar-refractivity contribution in [3.05, 3.63) is 53.7 Å². The van der Waals surface area contributed by atoms with E-state index in [1.165, 1.54) is 5.56 Å². The normalized spacial score (nSPS) is 10.3. The molecule has 0 aliphatic rings. The summed E-state index contributed by atoms with van der Waals surface area (Å²) in [5.74, 6) is 1.41. The second-order valence-electron chi connectivity index (χ2n) is 4.27. The van der Waals surface area contributed by atoms with Gasteiger partial charge in [0.1, 0.15) is 18.2 Å². The first-order valence-electron chi connectivity index (χ1n) is 6.20. The van der Waals surface area contributed by atoms with E-state index in [1.807, 2.05) is 18.2 Å². The summed E-state index contributed by atoms with van der Waals surface area (Å²) in [6.45, 7) is 2.69. The maximum atomic E-state index is 5.68. The summed E-state index contributed by atoms with van der Waals surface area (Å²) in [6.07, 6.45) is 4.01. The van der Waals surface area contributed by atoms with Gasteiger partial charge in [-0.25, -0.2) is 4.98 Å². The fraction of sp³-hybridized carbons (Fsp3) is 0.267. The molecular weight excluding hydrogens is 224 g/mol. The Balaban J connectivity index is 1.91. The van der Waals surface area contributed by atoms with Gasteiger partial charge in [0.15, 0.2) is 0 Å². The van der Waals surface area contributed by atoms with Crippen LogP contribution in [0.5, 0.6) is 5.75 Å². The van der Waals surface area contributed by atoms with E-state index in [4.69, 9.17) is 10.5 Å². The molecule has 2 N–H and O–H groups in total. The summed E-state index contributed by atoms with van der Waals surface area (Å²) >= 11 is 0. The third-order valence-corrected chi connectivity index (χ3v) is 2.72. The minimum atomic E-state index is 0.514. The molecule has 0 spiro atoms. The maximum Gasteiger partial charge on any atom is 0.123 e. The summed E-state index contributed by atoms with van der Waals surface area (Å²) in [5, 5.41) is 0. The minimum absolute atomic E-state index is 0.514. The number of nitrogens with zero attached hydrogens (tertiary/aromatic N) is 1. The average Bonchev–Trinajstić information content (AvgIpc) is 2.40. The summed E-state index contributed by atoms with van der Waals surface area (Å²) < 4.78 is 5.68. The first-order valence-corrected chi connectivity index (χ1v) is 6.20. The van der Waals surface area contributed by atoms with E-state index in [9.17, 15) is 0 Å². The average molecular weight is 242 g/mol. The van der Waals surface area contributed by atoms with Gasteiger partial charge in [-0.2, -0.15) is 0 Å². The van der Waals surface area contributed by atoms with Crippen LogP contribution in [0.15, 0.2) is 42.6 Å². The molecule has 1 heterocycles. The number of pyridine rings is 1. The van der Waals surface area contributed by atoms with Crippen LogP contribution < -0.4 is 10.5 Å². The number of benzene rings is 1. The molecular formula is C15H18N2O. The largest absolute Gasteiger partial charge is 0.489 e. The van der Waals surface area contributed by atoms with Crippen LogP contribution in [-0.2, 0) is 13.0 Å². The number of ether oxygens (including phenoxy) is 1. The first-order chi connectivity index (χ1) is 8.78. The molecule has 2 rings (SSSR count). The second-order valence-corrected chi connectivity index (χ2v) is 4.27. The van der Waals surface area contributed by atoms with Gasteiger partial charge in [0.25, 0.3) is 0 Å². The van der Waals surface area contributed by atoms with Crippen molar-refractivity contribution in [3.8, 4) is 5.75 Å². The fourth-order valence-electron chi connectivity index (χ4n) is 1.73. The number of nitrogens with two attached hydrogens (primary N) is 1. The lowest BCUT2D eigenvalue weighted by atomic mass is 10.1. The minimum Gasteiger partial charge on any atom is -0.489 e. The molecule has 0 fully saturated rings. The van der Waals surface area contributed by atoms with Crippen molar-refractivity contribution in [2.75, 3.05) is 5.73 Å². The number of anilines is 1. The highest BCUT2D eigenvalue weighted by Gasteiger charge is 1.97. The number of aryl methyl sites for hydroxylation is 1. The van der Waals surface area contributed by atoms with Crippen molar-refractivity contribution in [3.63, 3.8) is 0 Å². The zero-order chi connectivity index (χ0) is 12.8. The highest BCUT2D eigenvalue weighted by atomic mass is 16.5. The molecule has 0 aliphatic carbocycles. The van der Waals surface area contributed by atoms with Crippen LogP contribution in [0.3, 0.4) is 0 Å². The van der Waals surface area contributed by atoms with Crippen molar-refractivity contribution in [2.45, 2.75) is 26.4 Å². The number of hydrogen-bond acceptors (Lipinski definition) is 3. The van der Waals surface area contributed by atoms with Gasteiger partial charge in [-0.05, 0) is 30.2 Å². The number of aromatic nitrogens is 1. The highest BCUT2D eigenvalue weighted by molar-refractivity contribution is 5.30. The number of rotatable bonds is 5. The van der Waals surface area contributed by atoms with Crippen molar-refractivity contribution < 1.29 is 4.74 Å². The van der Waals surface area contributed by atoms with Crippen molar-refractivity contribution in [1.82, 2.24) is 4.98 Å². The van der Waals surface area contributed by atoms with E-state index in [0.717, 1.165) is 24.2 Å². The molecule has 3 heteroatoms. The molecule has 1 aromatic heterocycles. The van der Waals surface area contributed by atoms with E-state index < -0.39 is 0 Å². The maximum absolute atomic E-state index is 5.68. The standard InChI is InChI=1S/C15H18N2O/c1-2-3-12-4-7-14(8-5-12)18-11-13-6-9-15(16)17-10-13/h4-10H,2-3,11H2,1H3,(H2,16,17). The van der Waals surface area contributed by atoms with Crippen LogP contribution in [0.2, 0.25) is 0 Å². The Kier molecular flexibility index (Phi) is 4.18. The number of hydrogen-bond donors (Lipinski definition) is 1. The van der Waals surface area contributed by atoms with Crippen molar-refractivity contribution in [2.24, 2.45) is 0 Å². The lowest BCUT2D eigenvalue weighted by Crippen LogP contribution is -1.97. The molecule has 3 nitrogen and oxygen atoms in total. The Morgan fingerprint density at radius 2 is 1.78 bits per heavy atom. The molecule has 2 aromatic rings. The zero-order valence-corrected chi connectivity index (χ0v) is 10.6. The molecule has 18 heavy (non-hydrogen) atoms. The predicted octanol–water partition coefficient (Wildman–Crippen LogP) is 3.20. The van der Waals surface area contributed by atoms with Gasteiger partial charge in [-0.1, -0.05) is 31.5 Å². The molecule has 0 saturated heterocycles. The van der Waals surface area contributed by atoms with E-state index in [-0.39, 0.29) is 0 Å². The molecule has 94 valence electrons. The third kappa shape index (κ3) is 3.48. The Bertz CT molecular complexity index is 477. The van der Waals surface area contributed by atoms with Crippen LogP contribution >= 0.6 is 0 Å². The monoisotopic (exact) mass is 242 g/mol. The lowest BCUT2D eigenvalue weighted by molar-refractivity contribution is 0.305. The zero-order valence-electron chi connectivity index (χ0n) is 10.6. The summed E-state index contributed by atoms with van der Waals surface area (Å²) in [6, 6.07) is 11.9. The highest BCUT2D eigenvalue weighted by Crippen LogP contribution is 2.15. The Labute approximate surface area is 108 Å². The van der Waals surface area contributed by atoms with E-state index in [2.05, 4.69) is 24.0 Å². The topological polar surface area (TPSA) is 48.1 Å². The Hall–Kier alpha value is -2.03. The number of nitrogen functional groups attached to an aromatic ring is 1. The first kappa shape index (κ1) is 12.4. The molecule has 0 saturated carbocycles. The van der Waals surface area contributed by atoms with Crippen LogP contribution in [0.4, 0.5) is 5.82 Å². The molecule has 0 amide bonds.